The predicted molar refractivity (Wildman–Crippen MR) is 107 cm³/mol. The number of anilines is 1. The van der Waals surface area contributed by atoms with E-state index in [-0.39, 0.29) is 18.7 Å². The molecule has 146 valence electrons. The molecular weight excluding hydrogens is 403 g/mol. The topological polar surface area (TPSA) is 75.7 Å². The lowest BCUT2D eigenvalue weighted by Gasteiger charge is -2.35. The number of cyclic esters (lactones) is 1. The molecule has 0 bridgehead atoms. The molecule has 2 aromatic rings. The first-order chi connectivity index (χ1) is 13.2. The van der Waals surface area contributed by atoms with E-state index in [2.05, 4.69) is 5.32 Å². The van der Waals surface area contributed by atoms with Gasteiger partial charge in [-0.15, -0.1) is 0 Å². The molecule has 1 heterocycles. The van der Waals surface area contributed by atoms with Crippen molar-refractivity contribution in [2.24, 2.45) is 0 Å². The number of nitrogens with one attached hydrogen (secondary N) is 1. The third-order valence-corrected chi connectivity index (χ3v) is 5.12. The van der Waals surface area contributed by atoms with E-state index in [9.17, 15) is 14.4 Å². The van der Waals surface area contributed by atoms with E-state index in [4.69, 9.17) is 27.9 Å². The summed E-state index contributed by atoms with van der Waals surface area (Å²) in [4.78, 5) is 38.7. The zero-order valence-electron chi connectivity index (χ0n) is 15.3. The van der Waals surface area contributed by atoms with Crippen LogP contribution in [-0.4, -0.2) is 41.9 Å². The summed E-state index contributed by atoms with van der Waals surface area (Å²) in [5.41, 5.74) is 0.0698. The lowest BCUT2D eigenvalue weighted by atomic mass is 9.89. The van der Waals surface area contributed by atoms with Gasteiger partial charge in [0.15, 0.2) is 5.60 Å². The molecule has 1 atom stereocenters. The minimum absolute atomic E-state index is 0.232. The van der Waals surface area contributed by atoms with Gasteiger partial charge in [0.25, 0.3) is 5.91 Å². The zero-order chi connectivity index (χ0) is 20.5. The van der Waals surface area contributed by atoms with Gasteiger partial charge >= 0.3 is 5.97 Å². The molecule has 0 saturated heterocycles. The molecule has 28 heavy (non-hydrogen) atoms. The fraction of sp³-hybridized carbons (Fsp3) is 0.250. The Morgan fingerprint density at radius 2 is 1.79 bits per heavy atom. The molecule has 8 heteroatoms. The van der Waals surface area contributed by atoms with Crippen molar-refractivity contribution in [3.63, 3.8) is 0 Å². The summed E-state index contributed by atoms with van der Waals surface area (Å²) in [5, 5.41) is 3.18. The fourth-order valence-electron chi connectivity index (χ4n) is 3.14. The molecule has 1 aliphatic heterocycles. The standard InChI is InChI=1S/C20H18Cl2N2O4/c1-20(10-12-6-3-4-7-13(12)18(26)28-20)19(27)24(2)11-16(25)23-17-14(21)8-5-9-15(17)22/h3-9H,10-11H2,1-2H3,(H,23,25). The Balaban J connectivity index is 1.71. The molecule has 1 N–H and O–H groups in total. The van der Waals surface area contributed by atoms with Crippen LogP contribution in [-0.2, 0) is 20.7 Å². The van der Waals surface area contributed by atoms with Crippen LogP contribution in [0.3, 0.4) is 0 Å². The van der Waals surface area contributed by atoms with Crippen LogP contribution in [0.2, 0.25) is 10.0 Å². The molecule has 3 rings (SSSR count). The van der Waals surface area contributed by atoms with Gasteiger partial charge in [0, 0.05) is 13.5 Å². The summed E-state index contributed by atoms with van der Waals surface area (Å²) in [6, 6.07) is 11.8. The summed E-state index contributed by atoms with van der Waals surface area (Å²) in [7, 11) is 1.47. The molecule has 0 aliphatic carbocycles. The van der Waals surface area contributed by atoms with E-state index >= 15 is 0 Å². The second kappa shape index (κ2) is 7.81. The third-order valence-electron chi connectivity index (χ3n) is 4.49. The third kappa shape index (κ3) is 3.98. The van der Waals surface area contributed by atoms with E-state index in [1.165, 1.54) is 11.9 Å². The Morgan fingerprint density at radius 3 is 2.46 bits per heavy atom. The molecular formula is C20H18Cl2N2O4. The van der Waals surface area contributed by atoms with Gasteiger partial charge in [-0.25, -0.2) is 4.79 Å². The summed E-state index contributed by atoms with van der Waals surface area (Å²) in [6.45, 7) is 1.29. The van der Waals surface area contributed by atoms with Gasteiger partial charge in [0.1, 0.15) is 0 Å². The van der Waals surface area contributed by atoms with Crippen LogP contribution in [0, 0.1) is 0 Å². The van der Waals surface area contributed by atoms with Gasteiger partial charge in [-0.3, -0.25) is 9.59 Å². The molecule has 1 unspecified atom stereocenters. The number of hydrogen-bond acceptors (Lipinski definition) is 4. The second-order valence-corrected chi connectivity index (χ2v) is 7.57. The minimum atomic E-state index is -1.39. The monoisotopic (exact) mass is 420 g/mol. The minimum Gasteiger partial charge on any atom is -0.445 e. The fourth-order valence-corrected chi connectivity index (χ4v) is 3.63. The average molecular weight is 421 g/mol. The molecule has 0 aromatic heterocycles. The number of fused-ring (bicyclic) bond motifs is 1. The summed E-state index contributed by atoms with van der Waals surface area (Å²) >= 11 is 12.1. The summed E-state index contributed by atoms with van der Waals surface area (Å²) in [6.07, 6.45) is 0.232. The van der Waals surface area contributed by atoms with Crippen LogP contribution in [0.25, 0.3) is 0 Å². The zero-order valence-corrected chi connectivity index (χ0v) is 16.8. The summed E-state index contributed by atoms with van der Waals surface area (Å²) < 4.78 is 5.42. The number of likely N-dealkylation sites (N-methyl/N-ethyl adjacent to an activating group) is 1. The molecule has 0 saturated carbocycles. The first-order valence-corrected chi connectivity index (χ1v) is 9.27. The van der Waals surface area contributed by atoms with Gasteiger partial charge in [-0.1, -0.05) is 47.5 Å². The first kappa shape index (κ1) is 20.2. The highest BCUT2D eigenvalue weighted by Gasteiger charge is 2.44. The van der Waals surface area contributed by atoms with Crippen molar-refractivity contribution in [3.05, 3.63) is 63.6 Å². The van der Waals surface area contributed by atoms with Gasteiger partial charge < -0.3 is 15.0 Å². The number of carbonyl (C=O) groups excluding carboxylic acids is 3. The van der Waals surface area contributed by atoms with Crippen molar-refractivity contribution in [3.8, 4) is 0 Å². The lowest BCUT2D eigenvalue weighted by molar-refractivity contribution is -0.151. The quantitative estimate of drug-likeness (QED) is 0.767. The number of nitrogens with zero attached hydrogens (tertiary/aromatic N) is 1. The number of benzene rings is 2. The maximum absolute atomic E-state index is 12.9. The first-order valence-electron chi connectivity index (χ1n) is 8.52. The highest BCUT2D eigenvalue weighted by molar-refractivity contribution is 6.39. The van der Waals surface area contributed by atoms with Crippen LogP contribution in [0.4, 0.5) is 5.69 Å². The van der Waals surface area contributed by atoms with Crippen molar-refractivity contribution in [2.75, 3.05) is 18.9 Å². The van der Waals surface area contributed by atoms with Crippen molar-refractivity contribution in [1.82, 2.24) is 4.90 Å². The second-order valence-electron chi connectivity index (χ2n) is 6.76. The predicted octanol–water partition coefficient (Wildman–Crippen LogP) is 3.56. The van der Waals surface area contributed by atoms with Crippen LogP contribution in [0.15, 0.2) is 42.5 Å². The Morgan fingerprint density at radius 1 is 1.14 bits per heavy atom. The molecule has 6 nitrogen and oxygen atoms in total. The van der Waals surface area contributed by atoms with Crippen LogP contribution in [0.1, 0.15) is 22.8 Å². The highest BCUT2D eigenvalue weighted by atomic mass is 35.5. The van der Waals surface area contributed by atoms with E-state index in [0.29, 0.717) is 15.6 Å². The number of ether oxygens (including phenoxy) is 1. The molecule has 0 radical (unpaired) electrons. The SMILES string of the molecule is CN(CC(=O)Nc1c(Cl)cccc1Cl)C(=O)C1(C)Cc2ccccc2C(=O)O1. The van der Waals surface area contributed by atoms with Gasteiger partial charge in [0.05, 0.1) is 27.8 Å². The molecule has 2 aromatic carbocycles. The van der Waals surface area contributed by atoms with E-state index in [0.717, 1.165) is 5.56 Å². The Labute approximate surface area is 172 Å². The normalized spacial score (nSPS) is 18.1. The lowest BCUT2D eigenvalue weighted by Crippen LogP contribution is -2.53. The van der Waals surface area contributed by atoms with Crippen molar-refractivity contribution < 1.29 is 19.1 Å². The van der Waals surface area contributed by atoms with Crippen molar-refractivity contribution >= 4 is 46.7 Å². The maximum atomic E-state index is 12.9. The van der Waals surface area contributed by atoms with Gasteiger partial charge in [0.2, 0.25) is 5.91 Å². The molecule has 0 fully saturated rings. The Kier molecular flexibility index (Phi) is 5.63. The molecule has 0 spiro atoms. The molecule has 1 aliphatic rings. The average Bonchev–Trinajstić information content (AvgIpc) is 2.64. The number of hydrogen-bond donors (Lipinski definition) is 1. The number of rotatable bonds is 4. The van der Waals surface area contributed by atoms with Gasteiger partial charge in [-0.2, -0.15) is 0 Å². The van der Waals surface area contributed by atoms with Gasteiger partial charge in [-0.05, 0) is 30.7 Å². The largest absolute Gasteiger partial charge is 0.445 e. The number of carbonyl (C=O) groups is 3. The highest BCUT2D eigenvalue weighted by Crippen LogP contribution is 2.31. The summed E-state index contributed by atoms with van der Waals surface area (Å²) in [5.74, 6) is -1.51. The molecule has 2 amide bonds. The number of esters is 1. The smallest absolute Gasteiger partial charge is 0.339 e. The van der Waals surface area contributed by atoms with E-state index < -0.39 is 23.4 Å². The number of halogens is 2. The van der Waals surface area contributed by atoms with Crippen molar-refractivity contribution in [1.29, 1.82) is 0 Å². The van der Waals surface area contributed by atoms with Crippen LogP contribution in [0.5, 0.6) is 0 Å². The van der Waals surface area contributed by atoms with E-state index in [1.807, 2.05) is 0 Å². The van der Waals surface area contributed by atoms with Crippen LogP contribution >= 0.6 is 23.2 Å². The van der Waals surface area contributed by atoms with E-state index in [1.54, 1.807) is 49.4 Å². The Bertz CT molecular complexity index is 943. The Hall–Kier alpha value is -2.57. The maximum Gasteiger partial charge on any atom is 0.339 e. The van der Waals surface area contributed by atoms with Crippen molar-refractivity contribution in [2.45, 2.75) is 18.9 Å². The number of para-hydroxylation sites is 1. The number of amides is 2. The van der Waals surface area contributed by atoms with Crippen LogP contribution < -0.4 is 5.32 Å².